The number of rotatable bonds is 2. The number of aromatic nitrogens is 3. The predicted octanol–water partition coefficient (Wildman–Crippen LogP) is 3.37. The molecule has 0 bridgehead atoms. The van der Waals surface area contributed by atoms with Crippen LogP contribution in [-0.4, -0.2) is 21.6 Å². The van der Waals surface area contributed by atoms with Crippen LogP contribution < -0.4 is 4.74 Å². The van der Waals surface area contributed by atoms with Gasteiger partial charge in [-0.3, -0.25) is 4.57 Å². The Hall–Kier alpha value is -2.28. The molecule has 0 fully saturated rings. The summed E-state index contributed by atoms with van der Waals surface area (Å²) in [6, 6.07) is 7.26. The summed E-state index contributed by atoms with van der Waals surface area (Å²) in [5.74, 6) is -1.56. The first kappa shape index (κ1) is 12.7. The van der Waals surface area contributed by atoms with Crippen molar-refractivity contribution in [2.45, 2.75) is 0 Å². The lowest BCUT2D eigenvalue weighted by Gasteiger charge is -2.06. The maximum absolute atomic E-state index is 13.9. The summed E-state index contributed by atoms with van der Waals surface area (Å²) in [6.45, 7) is 0. The van der Waals surface area contributed by atoms with Gasteiger partial charge in [0.2, 0.25) is 5.88 Å². The normalized spacial score (nSPS) is 10.9. The number of H-pyrrole nitrogens is 1. The SMILES string of the molecule is COc1ccc2[nH]c(=S)n(-c3cccc(F)c3F)c2n1. The molecule has 7 heteroatoms. The maximum atomic E-state index is 13.9. The fourth-order valence-corrected chi connectivity index (χ4v) is 2.26. The fraction of sp³-hybridized carbons (Fsp3) is 0.0769. The number of pyridine rings is 1. The maximum Gasteiger partial charge on any atom is 0.215 e. The van der Waals surface area contributed by atoms with E-state index < -0.39 is 11.6 Å². The number of hydrogen-bond acceptors (Lipinski definition) is 3. The van der Waals surface area contributed by atoms with Crippen molar-refractivity contribution in [2.75, 3.05) is 7.11 Å². The molecule has 2 heterocycles. The van der Waals surface area contributed by atoms with Crippen molar-refractivity contribution in [2.24, 2.45) is 0 Å². The van der Waals surface area contributed by atoms with Crippen molar-refractivity contribution in [3.8, 4) is 11.6 Å². The van der Waals surface area contributed by atoms with Gasteiger partial charge in [-0.15, -0.1) is 0 Å². The summed E-state index contributed by atoms with van der Waals surface area (Å²) in [5.41, 5.74) is 0.986. The Balaban J connectivity index is 2.38. The molecule has 2 aromatic heterocycles. The third-order valence-electron chi connectivity index (χ3n) is 2.89. The minimum atomic E-state index is -0.978. The molecule has 102 valence electrons. The van der Waals surface area contributed by atoms with Gasteiger partial charge in [0, 0.05) is 6.07 Å². The summed E-state index contributed by atoms with van der Waals surface area (Å²) in [4.78, 5) is 7.11. The van der Waals surface area contributed by atoms with Crippen LogP contribution in [0.3, 0.4) is 0 Å². The molecule has 0 aliphatic heterocycles. The zero-order chi connectivity index (χ0) is 14.3. The van der Waals surface area contributed by atoms with Crippen LogP contribution in [0.4, 0.5) is 8.78 Å². The van der Waals surface area contributed by atoms with E-state index in [1.54, 1.807) is 12.1 Å². The van der Waals surface area contributed by atoms with Crippen LogP contribution in [0.5, 0.6) is 5.88 Å². The molecule has 0 saturated heterocycles. The molecule has 0 aliphatic rings. The highest BCUT2D eigenvalue weighted by Gasteiger charge is 2.15. The average Bonchev–Trinajstić information content (AvgIpc) is 2.77. The zero-order valence-corrected chi connectivity index (χ0v) is 11.2. The van der Waals surface area contributed by atoms with Gasteiger partial charge < -0.3 is 9.72 Å². The van der Waals surface area contributed by atoms with Crippen molar-refractivity contribution in [1.82, 2.24) is 14.5 Å². The van der Waals surface area contributed by atoms with Crippen LogP contribution in [0.15, 0.2) is 30.3 Å². The van der Waals surface area contributed by atoms with E-state index in [2.05, 4.69) is 9.97 Å². The van der Waals surface area contributed by atoms with E-state index in [-0.39, 0.29) is 10.5 Å². The fourth-order valence-electron chi connectivity index (χ4n) is 1.97. The second-order valence-electron chi connectivity index (χ2n) is 4.06. The Morgan fingerprint density at radius 3 is 2.80 bits per heavy atom. The minimum absolute atomic E-state index is 0.00185. The Bertz CT molecular complexity index is 856. The Morgan fingerprint density at radius 2 is 2.05 bits per heavy atom. The third kappa shape index (κ3) is 1.87. The molecule has 0 amide bonds. The molecule has 20 heavy (non-hydrogen) atoms. The van der Waals surface area contributed by atoms with E-state index in [9.17, 15) is 8.78 Å². The summed E-state index contributed by atoms with van der Waals surface area (Å²) < 4.78 is 33.9. The van der Waals surface area contributed by atoms with Crippen molar-refractivity contribution in [3.05, 3.63) is 46.7 Å². The first-order valence-corrected chi connectivity index (χ1v) is 6.13. The highest BCUT2D eigenvalue weighted by atomic mass is 32.1. The number of ether oxygens (including phenoxy) is 1. The van der Waals surface area contributed by atoms with Gasteiger partial charge >= 0.3 is 0 Å². The van der Waals surface area contributed by atoms with Crippen LogP contribution in [0.1, 0.15) is 0 Å². The van der Waals surface area contributed by atoms with Gasteiger partial charge in [0.25, 0.3) is 0 Å². The number of nitrogens with one attached hydrogen (secondary N) is 1. The van der Waals surface area contributed by atoms with E-state index in [1.807, 2.05) is 0 Å². The van der Waals surface area contributed by atoms with Gasteiger partial charge in [-0.25, -0.2) is 8.78 Å². The van der Waals surface area contributed by atoms with Gasteiger partial charge in [-0.1, -0.05) is 6.07 Å². The summed E-state index contributed by atoms with van der Waals surface area (Å²) in [6.07, 6.45) is 0. The van der Waals surface area contributed by atoms with Crippen molar-refractivity contribution < 1.29 is 13.5 Å². The number of fused-ring (bicyclic) bond motifs is 1. The quantitative estimate of drug-likeness (QED) is 0.737. The zero-order valence-electron chi connectivity index (χ0n) is 10.4. The lowest BCUT2D eigenvalue weighted by Crippen LogP contribution is -2.01. The molecule has 1 aromatic carbocycles. The van der Waals surface area contributed by atoms with Crippen LogP contribution in [-0.2, 0) is 0 Å². The summed E-state index contributed by atoms with van der Waals surface area (Å²) in [5, 5.41) is 0. The molecule has 1 N–H and O–H groups in total. The third-order valence-corrected chi connectivity index (χ3v) is 3.17. The summed E-state index contributed by atoms with van der Waals surface area (Å²) in [7, 11) is 1.47. The predicted molar refractivity (Wildman–Crippen MR) is 72.7 cm³/mol. The van der Waals surface area contributed by atoms with E-state index in [0.29, 0.717) is 17.0 Å². The molecule has 0 saturated carbocycles. The number of nitrogens with zero attached hydrogens (tertiary/aromatic N) is 2. The van der Waals surface area contributed by atoms with Gasteiger partial charge in [0.15, 0.2) is 22.1 Å². The molecule has 4 nitrogen and oxygen atoms in total. The number of halogens is 2. The van der Waals surface area contributed by atoms with Gasteiger partial charge in [-0.05, 0) is 30.4 Å². The van der Waals surface area contributed by atoms with Crippen molar-refractivity contribution in [3.63, 3.8) is 0 Å². The van der Waals surface area contributed by atoms with E-state index in [0.717, 1.165) is 6.07 Å². The molecular weight excluding hydrogens is 284 g/mol. The van der Waals surface area contributed by atoms with Gasteiger partial charge in [-0.2, -0.15) is 4.98 Å². The molecule has 3 aromatic rings. The average molecular weight is 293 g/mol. The second-order valence-corrected chi connectivity index (χ2v) is 4.45. The smallest absolute Gasteiger partial charge is 0.215 e. The number of hydrogen-bond donors (Lipinski definition) is 1. The lowest BCUT2D eigenvalue weighted by atomic mass is 10.3. The van der Waals surface area contributed by atoms with E-state index in [1.165, 1.54) is 23.8 Å². The van der Waals surface area contributed by atoms with Crippen LogP contribution in [0.2, 0.25) is 0 Å². The van der Waals surface area contributed by atoms with Crippen LogP contribution in [0.25, 0.3) is 16.9 Å². The largest absolute Gasteiger partial charge is 0.481 e. The standard InChI is InChI=1S/C13H9F2N3OS/c1-19-10-6-5-8-12(17-10)18(13(20)16-8)9-4-2-3-7(14)11(9)15/h2-6H,1H3,(H,16,20). The van der Waals surface area contributed by atoms with Crippen molar-refractivity contribution in [1.29, 1.82) is 0 Å². The molecule has 0 spiro atoms. The van der Waals surface area contributed by atoms with Crippen LogP contribution in [0, 0.1) is 16.4 Å². The highest BCUT2D eigenvalue weighted by Crippen LogP contribution is 2.23. The monoisotopic (exact) mass is 293 g/mol. The first-order valence-electron chi connectivity index (χ1n) is 5.72. The Labute approximate surface area is 117 Å². The van der Waals surface area contributed by atoms with Gasteiger partial charge in [0.1, 0.15) is 0 Å². The molecule has 0 atom stereocenters. The van der Waals surface area contributed by atoms with E-state index in [4.69, 9.17) is 17.0 Å². The summed E-state index contributed by atoms with van der Waals surface area (Å²) >= 11 is 5.15. The van der Waals surface area contributed by atoms with Gasteiger partial charge in [0.05, 0.1) is 18.3 Å². The lowest BCUT2D eigenvalue weighted by molar-refractivity contribution is 0.399. The molecule has 0 radical (unpaired) electrons. The van der Waals surface area contributed by atoms with Crippen LogP contribution >= 0.6 is 12.2 Å². The first-order chi connectivity index (χ1) is 9.61. The molecule has 0 unspecified atom stereocenters. The van der Waals surface area contributed by atoms with E-state index >= 15 is 0 Å². The minimum Gasteiger partial charge on any atom is -0.481 e. The number of methoxy groups -OCH3 is 1. The van der Waals surface area contributed by atoms with Crippen molar-refractivity contribution >= 4 is 23.4 Å². The number of benzene rings is 1. The molecule has 0 aliphatic carbocycles. The number of imidazole rings is 1. The molecule has 3 rings (SSSR count). The Morgan fingerprint density at radius 1 is 1.25 bits per heavy atom. The number of aromatic amines is 1. The second kappa shape index (κ2) is 4.68. The molecular formula is C13H9F2N3OS. The highest BCUT2D eigenvalue weighted by molar-refractivity contribution is 7.71. The topological polar surface area (TPSA) is 42.8 Å². The Kier molecular flexibility index (Phi) is 2.98.